The van der Waals surface area contributed by atoms with Gasteiger partial charge in [-0.05, 0) is 0 Å². The molecule has 0 aliphatic rings. The van der Waals surface area contributed by atoms with Crippen LogP contribution in [-0.4, -0.2) is 25.0 Å². The van der Waals surface area contributed by atoms with Crippen LogP contribution in [0.1, 0.15) is 50.8 Å². The third-order valence-corrected chi connectivity index (χ3v) is 13.6. The van der Waals surface area contributed by atoms with Gasteiger partial charge in [0.1, 0.15) is 0 Å². The van der Waals surface area contributed by atoms with E-state index in [1.165, 1.54) is 44.6 Å². The van der Waals surface area contributed by atoms with Crippen molar-refractivity contribution in [2.75, 3.05) is 3.52 Å². The Morgan fingerprint density at radius 3 is 1.05 bits per heavy atom. The van der Waals surface area contributed by atoms with Crippen LogP contribution in [-0.2, 0) is 0 Å². The van der Waals surface area contributed by atoms with Crippen molar-refractivity contribution < 1.29 is 0 Å². The molecule has 0 atom stereocenters. The molecule has 0 heterocycles. The monoisotopic (exact) mass is 584 g/mol. The minimum atomic E-state index is -1.74. The van der Waals surface area contributed by atoms with Gasteiger partial charge in [0, 0.05) is 0 Å². The first-order chi connectivity index (χ1) is 18.8. The zero-order valence-electron chi connectivity index (χ0n) is 23.3. The summed E-state index contributed by atoms with van der Waals surface area (Å²) in [5.74, 6) is 0.263. The molecule has 193 valence electrons. The number of hydrogen-bond acceptors (Lipinski definition) is 1. The molecule has 0 bridgehead atoms. The molecule has 0 amide bonds. The van der Waals surface area contributed by atoms with E-state index in [-0.39, 0.29) is 11.8 Å². The van der Waals surface area contributed by atoms with Crippen molar-refractivity contribution in [2.24, 2.45) is 0 Å². The second kappa shape index (κ2) is 11.8. The minimum absolute atomic E-state index is 0.132. The van der Waals surface area contributed by atoms with Gasteiger partial charge in [-0.3, -0.25) is 0 Å². The van der Waals surface area contributed by atoms with E-state index in [1.54, 1.807) is 0 Å². The molecule has 3 heteroatoms. The van der Waals surface area contributed by atoms with Crippen LogP contribution in [0, 0.1) is 6.92 Å². The summed E-state index contributed by atoms with van der Waals surface area (Å²) >= 11 is 2.32. The van der Waals surface area contributed by atoms with Crippen LogP contribution in [0.25, 0.3) is 0 Å². The molecule has 0 aliphatic carbocycles. The molecule has 0 N–H and O–H groups in total. The van der Waals surface area contributed by atoms with E-state index >= 15 is 0 Å². The maximum absolute atomic E-state index is 2.63. The zero-order valence-corrected chi connectivity index (χ0v) is 26.4. The average Bonchev–Trinajstić information content (AvgIpc) is 2.95. The number of anilines is 1. The number of hydrogen-bond donors (Lipinski definition) is 0. The fraction of sp³-hybridized carbons (Fsp3) is 0.167. The first-order valence-electron chi connectivity index (χ1n) is 13.7. The molecule has 0 saturated carbocycles. The van der Waals surface area contributed by atoms with Gasteiger partial charge < -0.3 is 0 Å². The predicted octanol–water partition coefficient (Wildman–Crippen LogP) is 9.08. The average molecular weight is 583 g/mol. The first kappa shape index (κ1) is 27.2. The molecule has 0 unspecified atom stereocenters. The van der Waals surface area contributed by atoms with Crippen molar-refractivity contribution in [3.8, 4) is 0 Å². The second-order valence-corrected chi connectivity index (χ2v) is 18.0. The van der Waals surface area contributed by atoms with E-state index in [4.69, 9.17) is 0 Å². The molecule has 0 saturated heterocycles. The summed E-state index contributed by atoms with van der Waals surface area (Å²) in [4.78, 5) is 0. The van der Waals surface area contributed by atoms with E-state index in [1.807, 2.05) is 0 Å². The molecule has 0 spiro atoms. The van der Waals surface area contributed by atoms with Gasteiger partial charge in [-0.15, -0.1) is 0 Å². The third kappa shape index (κ3) is 5.98. The topological polar surface area (TPSA) is 3.24 Å². The molecule has 3 radical (unpaired) electrons. The normalized spacial score (nSPS) is 11.7. The van der Waals surface area contributed by atoms with Crippen molar-refractivity contribution in [1.82, 2.24) is 0 Å². The van der Waals surface area contributed by atoms with E-state index in [9.17, 15) is 0 Å². The maximum atomic E-state index is 2.63. The number of aryl methyl sites for hydroxylation is 1. The van der Waals surface area contributed by atoms with Gasteiger partial charge in [0.2, 0.25) is 0 Å². The summed E-state index contributed by atoms with van der Waals surface area (Å²) in [6.45, 7) is 9.59. The molecular weight excluding hydrogens is 547 g/mol. The van der Waals surface area contributed by atoms with Gasteiger partial charge in [-0.1, -0.05) is 0 Å². The molecule has 0 aromatic heterocycles. The number of rotatable bonds is 8. The van der Waals surface area contributed by atoms with Crippen LogP contribution in [0.5, 0.6) is 0 Å². The van der Waals surface area contributed by atoms with Gasteiger partial charge in [-0.25, -0.2) is 0 Å². The van der Waals surface area contributed by atoms with Crippen LogP contribution in [0.15, 0.2) is 133 Å². The predicted molar refractivity (Wildman–Crippen MR) is 170 cm³/mol. The summed E-state index contributed by atoms with van der Waals surface area (Å²) < 4.78 is 2.63. The van der Waals surface area contributed by atoms with Crippen molar-refractivity contribution in [2.45, 2.75) is 38.4 Å². The summed E-state index contributed by atoms with van der Waals surface area (Å²) in [6.07, 6.45) is 0. The Balaban J connectivity index is 1.87. The Morgan fingerprint density at radius 2 is 0.795 bits per heavy atom. The molecule has 0 aliphatic heterocycles. The Bertz CT molecular complexity index is 1310. The first-order valence-corrected chi connectivity index (χ1v) is 18.1. The van der Waals surface area contributed by atoms with Gasteiger partial charge in [0.05, 0.1) is 0 Å². The third-order valence-electron chi connectivity index (χ3n) is 7.36. The van der Waals surface area contributed by atoms with Gasteiger partial charge in [-0.2, -0.15) is 0 Å². The van der Waals surface area contributed by atoms with Gasteiger partial charge in [0.25, 0.3) is 0 Å². The summed E-state index contributed by atoms with van der Waals surface area (Å²) in [5.41, 5.74) is 10.7. The second-order valence-electron chi connectivity index (χ2n) is 11.3. The Kier molecular flexibility index (Phi) is 8.25. The van der Waals surface area contributed by atoms with Crippen LogP contribution >= 0.6 is 0 Å². The molecule has 0 fully saturated rings. The fourth-order valence-corrected chi connectivity index (χ4v) is 7.03. The summed E-state index contributed by atoms with van der Waals surface area (Å²) in [7, 11) is -1.74. The Hall–Kier alpha value is -3.34. The van der Waals surface area contributed by atoms with Gasteiger partial charge >= 0.3 is 245 Å². The van der Waals surface area contributed by atoms with Gasteiger partial charge in [0.15, 0.2) is 0 Å². The SMILES string of the molecule is Cc1cc(C(c2ccccc2)c2ccccc2)c([N]([Ge])[Si](C)(C)C)c(C(c2ccccc2)c2ccccc2)c1. The van der Waals surface area contributed by atoms with Crippen LogP contribution < -0.4 is 3.52 Å². The summed E-state index contributed by atoms with van der Waals surface area (Å²) in [6, 6.07) is 48.9. The van der Waals surface area contributed by atoms with E-state index < -0.39 is 8.24 Å². The quantitative estimate of drug-likeness (QED) is 0.130. The molecule has 5 aromatic rings. The molecule has 5 rings (SSSR count). The molecule has 1 nitrogen and oxygen atoms in total. The van der Waals surface area contributed by atoms with Crippen molar-refractivity contribution in [3.05, 3.63) is 172 Å². The Morgan fingerprint density at radius 1 is 0.513 bits per heavy atom. The number of nitrogens with zero attached hydrogens (tertiary/aromatic N) is 1. The van der Waals surface area contributed by atoms with Crippen LogP contribution in [0.4, 0.5) is 5.69 Å². The van der Waals surface area contributed by atoms with E-state index in [0.29, 0.717) is 0 Å². The van der Waals surface area contributed by atoms with Crippen LogP contribution in [0.2, 0.25) is 19.6 Å². The van der Waals surface area contributed by atoms with Crippen molar-refractivity contribution in [1.29, 1.82) is 0 Å². The number of benzene rings is 5. The fourth-order valence-electron chi connectivity index (χ4n) is 5.55. The standard InChI is InChI=1S/C36H36GeNSi/c1-27-25-32(34(28-17-9-5-10-18-28)29-19-11-6-12-20-29)36(38(37)39(2,3)4)33(26-27)35(30-21-13-7-14-22-30)31-23-15-8-16-24-31/h5-26,34-35H,1-4H3. The van der Waals surface area contributed by atoms with Crippen LogP contribution in [0.3, 0.4) is 0 Å². The van der Waals surface area contributed by atoms with E-state index in [2.05, 4.69) is 180 Å². The van der Waals surface area contributed by atoms with Crippen molar-refractivity contribution in [3.63, 3.8) is 0 Å². The molecular formula is C36H36GeNSi. The zero-order chi connectivity index (χ0) is 27.4. The summed E-state index contributed by atoms with van der Waals surface area (Å²) in [5, 5.41) is 0. The van der Waals surface area contributed by atoms with Crippen molar-refractivity contribution >= 4 is 30.7 Å². The van der Waals surface area contributed by atoms with E-state index in [0.717, 1.165) is 0 Å². The Labute approximate surface area is 244 Å². The molecule has 39 heavy (non-hydrogen) atoms. The molecule has 5 aromatic carbocycles.